The van der Waals surface area contributed by atoms with Crippen LogP contribution in [0.25, 0.3) is 94.8 Å². The number of rotatable bonds is 7. The smallest absolute Gasteiger partial charge is 0.160 e. The number of hydrogen-bond acceptors (Lipinski definition) is 2. The molecule has 10 aromatic rings. The first-order valence-corrected chi connectivity index (χ1v) is 18.7. The van der Waals surface area contributed by atoms with Crippen molar-refractivity contribution < 1.29 is 0 Å². The zero-order valence-electron chi connectivity index (χ0n) is 30.0. The van der Waals surface area contributed by atoms with Gasteiger partial charge in [0, 0.05) is 38.6 Å². The Morgan fingerprint density at radius 3 is 1.25 bits per heavy atom. The molecule has 2 heterocycles. The molecule has 0 unspecified atom stereocenters. The zero-order chi connectivity index (χ0) is 36.6. The van der Waals surface area contributed by atoms with Crippen LogP contribution in [0.1, 0.15) is 0 Å². The number of benzene rings is 8. The molecule has 258 valence electrons. The average molecular weight is 702 g/mol. The molecule has 3 nitrogen and oxygen atoms in total. The third-order valence-corrected chi connectivity index (χ3v) is 10.4. The van der Waals surface area contributed by atoms with Crippen LogP contribution in [0.4, 0.5) is 0 Å². The maximum Gasteiger partial charge on any atom is 0.160 e. The van der Waals surface area contributed by atoms with E-state index in [2.05, 4.69) is 205 Å². The van der Waals surface area contributed by atoms with Crippen molar-refractivity contribution in [3.8, 4) is 73.0 Å². The molecule has 0 atom stereocenters. The van der Waals surface area contributed by atoms with Gasteiger partial charge in [0.15, 0.2) is 5.82 Å². The van der Waals surface area contributed by atoms with Gasteiger partial charge < -0.3 is 4.57 Å². The first kappa shape index (κ1) is 32.3. The van der Waals surface area contributed by atoms with E-state index in [0.29, 0.717) is 5.82 Å². The Hall–Kier alpha value is -7.36. The lowest BCUT2D eigenvalue weighted by molar-refractivity contribution is 1.17. The minimum atomic E-state index is 0.677. The highest BCUT2D eigenvalue weighted by Crippen LogP contribution is 2.44. The van der Waals surface area contributed by atoms with Crippen molar-refractivity contribution in [2.24, 2.45) is 0 Å². The number of para-hydroxylation sites is 1. The van der Waals surface area contributed by atoms with Gasteiger partial charge in [-0.3, -0.25) is 0 Å². The molecule has 2 aromatic heterocycles. The van der Waals surface area contributed by atoms with Crippen LogP contribution >= 0.6 is 0 Å². The fourth-order valence-corrected chi connectivity index (χ4v) is 7.79. The molecule has 0 N–H and O–H groups in total. The summed E-state index contributed by atoms with van der Waals surface area (Å²) >= 11 is 0. The highest BCUT2D eigenvalue weighted by atomic mass is 15.0. The molecular weight excluding hydrogens is 667 g/mol. The Morgan fingerprint density at radius 1 is 0.291 bits per heavy atom. The molecule has 0 spiro atoms. The Balaban J connectivity index is 1.30. The van der Waals surface area contributed by atoms with Gasteiger partial charge in [-0.05, 0) is 58.7 Å². The van der Waals surface area contributed by atoms with Crippen molar-refractivity contribution in [2.45, 2.75) is 0 Å². The third kappa shape index (κ3) is 5.98. The summed E-state index contributed by atoms with van der Waals surface area (Å²) in [5.74, 6) is 0.677. The summed E-state index contributed by atoms with van der Waals surface area (Å²) in [7, 11) is 0. The van der Waals surface area contributed by atoms with Crippen molar-refractivity contribution in [2.75, 3.05) is 0 Å². The maximum absolute atomic E-state index is 5.28. The second kappa shape index (κ2) is 13.9. The molecule has 55 heavy (non-hydrogen) atoms. The SMILES string of the molecule is c1ccc(-c2ccc3c(c2)c2ccccc2n3-c2c(-c3ccccc3)cc(-c3nc(-c4ccccc4)cc(-c4ccccc4)n3)cc2-c2ccccc2)cc1. The van der Waals surface area contributed by atoms with Gasteiger partial charge in [0.05, 0.1) is 28.1 Å². The van der Waals surface area contributed by atoms with Crippen LogP contribution < -0.4 is 0 Å². The van der Waals surface area contributed by atoms with Gasteiger partial charge in [-0.25, -0.2) is 9.97 Å². The summed E-state index contributed by atoms with van der Waals surface area (Å²) in [5, 5.41) is 2.43. The molecule has 0 amide bonds. The van der Waals surface area contributed by atoms with E-state index in [-0.39, 0.29) is 0 Å². The summed E-state index contributed by atoms with van der Waals surface area (Å²) in [6.07, 6.45) is 0. The first-order chi connectivity index (χ1) is 27.3. The highest BCUT2D eigenvalue weighted by Gasteiger charge is 2.23. The van der Waals surface area contributed by atoms with Gasteiger partial charge in [0.1, 0.15) is 0 Å². The Labute approximate surface area is 320 Å². The fraction of sp³-hybridized carbons (Fsp3) is 0. The second-order valence-corrected chi connectivity index (χ2v) is 13.8. The molecule has 0 aliphatic heterocycles. The molecule has 0 saturated heterocycles. The number of aromatic nitrogens is 3. The third-order valence-electron chi connectivity index (χ3n) is 10.4. The Morgan fingerprint density at radius 2 is 0.727 bits per heavy atom. The lowest BCUT2D eigenvalue weighted by Crippen LogP contribution is -2.03. The molecule has 0 bridgehead atoms. The minimum Gasteiger partial charge on any atom is -0.308 e. The molecule has 0 saturated carbocycles. The Bertz CT molecular complexity index is 2820. The van der Waals surface area contributed by atoms with E-state index >= 15 is 0 Å². The summed E-state index contributed by atoms with van der Waals surface area (Å²) in [5.41, 5.74) is 15.1. The molecule has 10 rings (SSSR count). The van der Waals surface area contributed by atoms with Gasteiger partial charge in [-0.2, -0.15) is 0 Å². The lowest BCUT2D eigenvalue weighted by Gasteiger charge is -2.21. The van der Waals surface area contributed by atoms with Gasteiger partial charge in [-0.1, -0.05) is 176 Å². The van der Waals surface area contributed by atoms with E-state index in [1.165, 1.54) is 21.9 Å². The standard InChI is InChI=1S/C52H35N3/c1-6-18-36(19-7-1)41-30-31-50-46(32-41)43-28-16-17-29-49(43)55(50)51-44(37-20-8-2-9-21-37)33-42(34-45(51)38-22-10-3-11-23-38)52-53-47(39-24-12-4-13-25-39)35-48(54-52)40-26-14-5-15-27-40/h1-35H. The fourth-order valence-electron chi connectivity index (χ4n) is 7.79. The van der Waals surface area contributed by atoms with Crippen LogP contribution in [0.5, 0.6) is 0 Å². The number of fused-ring (bicyclic) bond motifs is 3. The molecule has 0 aliphatic rings. The number of nitrogens with zero attached hydrogens (tertiary/aromatic N) is 3. The van der Waals surface area contributed by atoms with Gasteiger partial charge in [-0.15, -0.1) is 0 Å². The van der Waals surface area contributed by atoms with Crippen LogP contribution in [0.15, 0.2) is 212 Å². The van der Waals surface area contributed by atoms with E-state index in [1.54, 1.807) is 0 Å². The van der Waals surface area contributed by atoms with Crippen molar-refractivity contribution in [3.63, 3.8) is 0 Å². The predicted octanol–water partition coefficient (Wildman–Crippen LogP) is 13.6. The average Bonchev–Trinajstić information content (AvgIpc) is 3.60. The van der Waals surface area contributed by atoms with Crippen molar-refractivity contribution in [3.05, 3.63) is 212 Å². The molecule has 3 heteroatoms. The van der Waals surface area contributed by atoms with Gasteiger partial charge in [0.25, 0.3) is 0 Å². The number of hydrogen-bond donors (Lipinski definition) is 0. The summed E-state index contributed by atoms with van der Waals surface area (Å²) in [4.78, 5) is 10.6. The normalized spacial score (nSPS) is 11.3. The van der Waals surface area contributed by atoms with Crippen LogP contribution in [0.2, 0.25) is 0 Å². The van der Waals surface area contributed by atoms with Gasteiger partial charge in [0.2, 0.25) is 0 Å². The largest absolute Gasteiger partial charge is 0.308 e. The van der Waals surface area contributed by atoms with E-state index in [1.807, 2.05) is 12.1 Å². The monoisotopic (exact) mass is 701 g/mol. The van der Waals surface area contributed by atoms with Crippen LogP contribution in [-0.4, -0.2) is 14.5 Å². The topological polar surface area (TPSA) is 30.7 Å². The van der Waals surface area contributed by atoms with Crippen molar-refractivity contribution in [1.82, 2.24) is 14.5 Å². The predicted molar refractivity (Wildman–Crippen MR) is 229 cm³/mol. The van der Waals surface area contributed by atoms with Crippen molar-refractivity contribution >= 4 is 21.8 Å². The Kier molecular flexibility index (Phi) is 8.16. The zero-order valence-corrected chi connectivity index (χ0v) is 30.0. The summed E-state index contributed by atoms with van der Waals surface area (Å²) < 4.78 is 2.46. The summed E-state index contributed by atoms with van der Waals surface area (Å²) in [6.45, 7) is 0. The van der Waals surface area contributed by atoms with Crippen LogP contribution in [0, 0.1) is 0 Å². The summed E-state index contributed by atoms with van der Waals surface area (Å²) in [6, 6.07) is 75.2. The minimum absolute atomic E-state index is 0.677. The van der Waals surface area contributed by atoms with E-state index < -0.39 is 0 Å². The van der Waals surface area contributed by atoms with E-state index in [9.17, 15) is 0 Å². The molecule has 0 radical (unpaired) electrons. The lowest BCUT2D eigenvalue weighted by atomic mass is 9.92. The van der Waals surface area contributed by atoms with Crippen LogP contribution in [-0.2, 0) is 0 Å². The molecule has 0 fully saturated rings. The molecular formula is C52H35N3. The van der Waals surface area contributed by atoms with E-state index in [0.717, 1.165) is 67.1 Å². The van der Waals surface area contributed by atoms with E-state index in [4.69, 9.17) is 9.97 Å². The second-order valence-electron chi connectivity index (χ2n) is 13.8. The van der Waals surface area contributed by atoms with Crippen molar-refractivity contribution in [1.29, 1.82) is 0 Å². The first-order valence-electron chi connectivity index (χ1n) is 18.7. The van der Waals surface area contributed by atoms with Gasteiger partial charge >= 0.3 is 0 Å². The molecule has 8 aromatic carbocycles. The van der Waals surface area contributed by atoms with Crippen LogP contribution in [0.3, 0.4) is 0 Å². The highest BCUT2D eigenvalue weighted by molar-refractivity contribution is 6.12. The quantitative estimate of drug-likeness (QED) is 0.166. The molecule has 0 aliphatic carbocycles. The maximum atomic E-state index is 5.28.